The van der Waals surface area contributed by atoms with Crippen LogP contribution < -0.4 is 5.73 Å². The van der Waals surface area contributed by atoms with Gasteiger partial charge >= 0.3 is 0 Å². The molecule has 31 heavy (non-hydrogen) atoms. The lowest BCUT2D eigenvalue weighted by molar-refractivity contribution is 0.103. The number of unbranched alkanes of at least 4 members (excludes halogenated alkanes) is 1. The third-order valence-electron chi connectivity index (χ3n) is 6.14. The molecule has 3 aromatic rings. The van der Waals surface area contributed by atoms with Gasteiger partial charge in [0.2, 0.25) is 0 Å². The van der Waals surface area contributed by atoms with Crippen LogP contribution in [0, 0.1) is 0 Å². The van der Waals surface area contributed by atoms with Crippen molar-refractivity contribution in [1.29, 1.82) is 0 Å². The Bertz CT molecular complexity index is 1260. The number of aryl methyl sites for hydroxylation is 1. The minimum atomic E-state index is -0.0459. The van der Waals surface area contributed by atoms with Crippen molar-refractivity contribution in [2.45, 2.75) is 46.0 Å². The molecule has 0 saturated carbocycles. The summed E-state index contributed by atoms with van der Waals surface area (Å²) in [6.45, 7) is 4.23. The molecule has 0 atom stereocenters. The second kappa shape index (κ2) is 7.65. The Hall–Kier alpha value is -3.47. The molecule has 2 heterocycles. The second-order valence-corrected chi connectivity index (χ2v) is 8.50. The van der Waals surface area contributed by atoms with E-state index in [0.29, 0.717) is 17.8 Å². The van der Waals surface area contributed by atoms with Crippen molar-refractivity contribution in [3.63, 3.8) is 0 Å². The van der Waals surface area contributed by atoms with E-state index < -0.39 is 0 Å². The predicted molar refractivity (Wildman–Crippen MR) is 126 cm³/mol. The Balaban J connectivity index is 1.38. The first-order valence-electron chi connectivity index (χ1n) is 10.9. The molecular weight excluding hydrogens is 384 g/mol. The number of nitrogens with two attached hydrogens (primary N) is 1. The van der Waals surface area contributed by atoms with E-state index in [0.717, 1.165) is 46.6 Å². The van der Waals surface area contributed by atoms with Crippen LogP contribution in [-0.2, 0) is 19.3 Å². The van der Waals surface area contributed by atoms with Crippen LogP contribution in [0.4, 0.5) is 11.5 Å². The number of allylic oxidation sites excluding steroid dienone is 1. The second-order valence-electron chi connectivity index (χ2n) is 8.50. The van der Waals surface area contributed by atoms with Gasteiger partial charge < -0.3 is 5.73 Å². The number of carbonyl (C=O) groups is 1. The number of fused-ring (bicyclic) bond motifs is 2. The Morgan fingerprint density at radius 2 is 2.00 bits per heavy atom. The van der Waals surface area contributed by atoms with Crippen LogP contribution in [0.2, 0.25) is 0 Å². The predicted octanol–water partition coefficient (Wildman–Crippen LogP) is 5.27. The van der Waals surface area contributed by atoms with Gasteiger partial charge in [0.05, 0.1) is 23.1 Å². The smallest absolute Gasteiger partial charge is 0.194 e. The van der Waals surface area contributed by atoms with Gasteiger partial charge in [0, 0.05) is 24.1 Å². The third kappa shape index (κ3) is 3.50. The zero-order valence-electron chi connectivity index (χ0n) is 18.0. The third-order valence-corrected chi connectivity index (χ3v) is 6.14. The highest BCUT2D eigenvalue weighted by Gasteiger charge is 2.24. The zero-order chi connectivity index (χ0) is 21.5. The Morgan fingerprint density at radius 1 is 1.13 bits per heavy atom. The highest BCUT2D eigenvalue weighted by Crippen LogP contribution is 2.32. The number of hydrogen-bond acceptors (Lipinski definition) is 4. The number of hydrogen-bond donors (Lipinski definition) is 1. The molecular formula is C26H26N4O. The lowest BCUT2D eigenvalue weighted by atomic mass is 10.0. The Labute approximate surface area is 182 Å². The highest BCUT2D eigenvalue weighted by molar-refractivity contribution is 6.15. The molecule has 156 valence electrons. The van der Waals surface area contributed by atoms with Gasteiger partial charge in [-0.15, -0.1) is 0 Å². The van der Waals surface area contributed by atoms with Crippen LogP contribution in [0.25, 0.3) is 11.8 Å². The van der Waals surface area contributed by atoms with Crippen molar-refractivity contribution in [3.05, 3.63) is 76.0 Å². The fraction of sp³-hybridized carbons (Fsp3) is 0.269. The molecule has 0 radical (unpaired) electrons. The van der Waals surface area contributed by atoms with Crippen LogP contribution >= 0.6 is 0 Å². The molecule has 1 aliphatic heterocycles. The summed E-state index contributed by atoms with van der Waals surface area (Å²) < 4.78 is 1.65. The molecule has 1 aliphatic carbocycles. The Morgan fingerprint density at radius 3 is 2.84 bits per heavy atom. The summed E-state index contributed by atoms with van der Waals surface area (Å²) in [7, 11) is 0. The fourth-order valence-corrected chi connectivity index (χ4v) is 4.47. The van der Waals surface area contributed by atoms with E-state index in [-0.39, 0.29) is 5.78 Å². The molecule has 2 aliphatic rings. The number of nitrogen functional groups attached to an aromatic ring is 1. The van der Waals surface area contributed by atoms with E-state index in [4.69, 9.17) is 5.73 Å². The number of carbonyl (C=O) groups excluding carboxylic acids is 1. The molecule has 2 N–H and O–H groups in total. The summed E-state index contributed by atoms with van der Waals surface area (Å²) in [4.78, 5) is 17.8. The number of nitrogens with zero attached hydrogens (tertiary/aromatic N) is 3. The van der Waals surface area contributed by atoms with Crippen molar-refractivity contribution in [2.24, 2.45) is 4.99 Å². The van der Waals surface area contributed by atoms with Crippen molar-refractivity contribution < 1.29 is 4.79 Å². The van der Waals surface area contributed by atoms with Gasteiger partial charge in [-0.2, -0.15) is 5.10 Å². The van der Waals surface area contributed by atoms with E-state index in [9.17, 15) is 4.79 Å². The number of rotatable bonds is 6. The van der Waals surface area contributed by atoms with Crippen LogP contribution in [-0.4, -0.2) is 21.3 Å². The first-order valence-corrected chi connectivity index (χ1v) is 10.9. The average Bonchev–Trinajstić information content (AvgIpc) is 3.46. The van der Waals surface area contributed by atoms with Crippen molar-refractivity contribution in [1.82, 2.24) is 9.78 Å². The molecule has 0 unspecified atom stereocenters. The average molecular weight is 411 g/mol. The zero-order valence-corrected chi connectivity index (χ0v) is 18.0. The summed E-state index contributed by atoms with van der Waals surface area (Å²) >= 11 is 0. The molecule has 0 bridgehead atoms. The SMILES string of the molecule is CCCCc1ccc2c(c1)CC(C(=O)c1cnn(-c3ccc4c(c3)CC(C)=N4)c1N)=C2. The summed E-state index contributed by atoms with van der Waals surface area (Å²) in [5, 5.41) is 4.43. The van der Waals surface area contributed by atoms with Crippen molar-refractivity contribution >= 4 is 29.1 Å². The lowest BCUT2D eigenvalue weighted by Gasteiger charge is -2.07. The standard InChI is InChI=1S/C26H26N4O/c1-3-4-5-17-6-7-18-12-21(13-19(18)11-17)25(31)23-15-28-30(26(23)27)22-8-9-24-20(14-22)10-16(2)29-24/h6-9,11-12,14-15H,3-5,10,13,27H2,1-2H3. The maximum atomic E-state index is 13.2. The van der Waals surface area contributed by atoms with Gasteiger partial charge in [-0.3, -0.25) is 9.79 Å². The van der Waals surface area contributed by atoms with Crippen molar-refractivity contribution in [3.8, 4) is 5.69 Å². The summed E-state index contributed by atoms with van der Waals surface area (Å²) in [5.41, 5.74) is 15.4. The number of benzene rings is 2. The molecule has 0 saturated heterocycles. The molecule has 1 aromatic heterocycles. The summed E-state index contributed by atoms with van der Waals surface area (Å²) in [5.74, 6) is 0.330. The van der Waals surface area contributed by atoms with Crippen LogP contribution in [0.1, 0.15) is 59.3 Å². The van der Waals surface area contributed by atoms with E-state index in [2.05, 4.69) is 41.3 Å². The van der Waals surface area contributed by atoms with Gasteiger partial charge in [0.25, 0.3) is 0 Å². The van der Waals surface area contributed by atoms with Gasteiger partial charge in [-0.05, 0) is 66.3 Å². The Kier molecular flexibility index (Phi) is 4.81. The van der Waals surface area contributed by atoms with Gasteiger partial charge in [0.1, 0.15) is 5.82 Å². The minimum Gasteiger partial charge on any atom is -0.383 e. The van der Waals surface area contributed by atoms with Crippen molar-refractivity contribution in [2.75, 3.05) is 5.73 Å². The molecule has 0 amide bonds. The molecule has 5 nitrogen and oxygen atoms in total. The normalized spacial score (nSPS) is 14.3. The van der Waals surface area contributed by atoms with E-state index in [1.165, 1.54) is 24.0 Å². The highest BCUT2D eigenvalue weighted by atomic mass is 16.1. The lowest BCUT2D eigenvalue weighted by Crippen LogP contribution is -2.08. The number of anilines is 1. The molecule has 0 spiro atoms. The largest absolute Gasteiger partial charge is 0.383 e. The first-order chi connectivity index (χ1) is 15.0. The van der Waals surface area contributed by atoms with Gasteiger partial charge in [0.15, 0.2) is 5.78 Å². The quantitative estimate of drug-likeness (QED) is 0.563. The van der Waals surface area contributed by atoms with Gasteiger partial charge in [-0.25, -0.2) is 4.68 Å². The maximum Gasteiger partial charge on any atom is 0.194 e. The number of aliphatic imine (C=N–C) groups is 1. The van der Waals surface area contributed by atoms with Crippen LogP contribution in [0.5, 0.6) is 0 Å². The molecule has 5 heteroatoms. The fourth-order valence-electron chi connectivity index (χ4n) is 4.47. The monoisotopic (exact) mass is 410 g/mol. The van der Waals surface area contributed by atoms with Crippen LogP contribution in [0.3, 0.4) is 0 Å². The van der Waals surface area contributed by atoms with E-state index >= 15 is 0 Å². The first kappa shape index (κ1) is 19.5. The summed E-state index contributed by atoms with van der Waals surface area (Å²) in [6.07, 6.45) is 8.51. The number of ketones is 1. The number of aromatic nitrogens is 2. The molecule has 5 rings (SSSR count). The van der Waals surface area contributed by atoms with E-state index in [1.54, 1.807) is 10.9 Å². The maximum absolute atomic E-state index is 13.2. The van der Waals surface area contributed by atoms with Crippen LogP contribution in [0.15, 0.2) is 53.2 Å². The van der Waals surface area contributed by atoms with Gasteiger partial charge in [-0.1, -0.05) is 31.5 Å². The van der Waals surface area contributed by atoms with E-state index in [1.807, 2.05) is 25.1 Å². The minimum absolute atomic E-state index is 0.0459. The number of Topliss-reactive ketones (excluding diaryl/α,β-unsaturated/α-hetero) is 1. The molecule has 0 fully saturated rings. The molecule has 2 aromatic carbocycles. The summed E-state index contributed by atoms with van der Waals surface area (Å²) in [6, 6.07) is 12.5. The topological polar surface area (TPSA) is 73.3 Å².